The van der Waals surface area contributed by atoms with Crippen molar-refractivity contribution in [3.63, 3.8) is 0 Å². The topological polar surface area (TPSA) is 60.2 Å². The van der Waals surface area contributed by atoms with E-state index in [1.54, 1.807) is 24.3 Å². The molecule has 0 atom stereocenters. The van der Waals surface area contributed by atoms with Gasteiger partial charge < -0.3 is 0 Å². The molecule has 0 spiro atoms. The number of non-ortho nitro benzene ring substituents is 1. The smallest absolute Gasteiger partial charge is 0.269 e. The summed E-state index contributed by atoms with van der Waals surface area (Å²) < 4.78 is 0. The highest BCUT2D eigenvalue weighted by Gasteiger charge is 2.25. The van der Waals surface area contributed by atoms with Crippen LogP contribution in [0.1, 0.15) is 15.9 Å². The van der Waals surface area contributed by atoms with Crippen molar-refractivity contribution in [3.05, 3.63) is 74.7 Å². The number of hydrogen-bond acceptors (Lipinski definition) is 4. The zero-order chi connectivity index (χ0) is 14.1. The molecule has 2 aromatic rings. The van der Waals surface area contributed by atoms with Gasteiger partial charge in [-0.1, -0.05) is 23.9 Å². The second-order valence-electron chi connectivity index (χ2n) is 4.28. The number of ketones is 1. The molecule has 98 valence electrons. The zero-order valence-corrected chi connectivity index (χ0v) is 11.1. The Morgan fingerprint density at radius 3 is 2.40 bits per heavy atom. The van der Waals surface area contributed by atoms with Crippen LogP contribution in [0.4, 0.5) is 5.69 Å². The predicted molar refractivity (Wildman–Crippen MR) is 77.7 cm³/mol. The molecule has 1 heterocycles. The van der Waals surface area contributed by atoms with Crippen molar-refractivity contribution in [1.82, 2.24) is 0 Å². The summed E-state index contributed by atoms with van der Waals surface area (Å²) in [4.78, 5) is 23.9. The van der Waals surface area contributed by atoms with E-state index in [2.05, 4.69) is 0 Å². The van der Waals surface area contributed by atoms with Crippen molar-refractivity contribution in [2.45, 2.75) is 4.90 Å². The Labute approximate surface area is 119 Å². The highest BCUT2D eigenvalue weighted by molar-refractivity contribution is 8.04. The summed E-state index contributed by atoms with van der Waals surface area (Å²) in [6.07, 6.45) is 1.76. The second-order valence-corrected chi connectivity index (χ2v) is 5.37. The lowest BCUT2D eigenvalue weighted by Gasteiger charge is -1.96. The number of carbonyl (C=O) groups excluding carboxylic acids is 1. The van der Waals surface area contributed by atoms with Gasteiger partial charge in [0.25, 0.3) is 5.69 Å². The van der Waals surface area contributed by atoms with Crippen LogP contribution >= 0.6 is 11.8 Å². The van der Waals surface area contributed by atoms with Crippen LogP contribution in [0.5, 0.6) is 0 Å². The first-order valence-corrected chi connectivity index (χ1v) is 6.74. The highest BCUT2D eigenvalue weighted by atomic mass is 32.2. The van der Waals surface area contributed by atoms with Gasteiger partial charge in [0.2, 0.25) is 5.78 Å². The number of hydrogen-bond donors (Lipinski definition) is 0. The standard InChI is InChI=1S/C15H9NO3S/c17-15-12-3-1-2-4-13(12)20-14(15)9-10-5-7-11(8-6-10)16(18)19/h1-9H. The number of nitro benzene ring substituents is 1. The highest BCUT2D eigenvalue weighted by Crippen LogP contribution is 2.40. The molecule has 2 aromatic carbocycles. The van der Waals surface area contributed by atoms with Crippen LogP contribution in [0.2, 0.25) is 0 Å². The molecule has 0 aliphatic carbocycles. The number of carbonyl (C=O) groups is 1. The average Bonchev–Trinajstić information content (AvgIpc) is 2.77. The van der Waals surface area contributed by atoms with Crippen LogP contribution in [0.15, 0.2) is 58.3 Å². The fourth-order valence-electron chi connectivity index (χ4n) is 1.98. The molecule has 0 fully saturated rings. The van der Waals surface area contributed by atoms with Crippen LogP contribution in [-0.2, 0) is 0 Å². The summed E-state index contributed by atoms with van der Waals surface area (Å²) in [7, 11) is 0. The molecular weight excluding hydrogens is 274 g/mol. The summed E-state index contributed by atoms with van der Waals surface area (Å²) >= 11 is 1.43. The van der Waals surface area contributed by atoms with Crippen molar-refractivity contribution in [2.24, 2.45) is 0 Å². The molecule has 0 amide bonds. The van der Waals surface area contributed by atoms with Crippen LogP contribution in [0.25, 0.3) is 6.08 Å². The molecule has 0 radical (unpaired) electrons. The maximum absolute atomic E-state index is 12.2. The Morgan fingerprint density at radius 1 is 1.05 bits per heavy atom. The van der Waals surface area contributed by atoms with Gasteiger partial charge in [-0.05, 0) is 35.9 Å². The summed E-state index contributed by atoms with van der Waals surface area (Å²) in [5.41, 5.74) is 1.53. The maximum Gasteiger partial charge on any atom is 0.269 e. The van der Waals surface area contributed by atoms with Gasteiger partial charge in [-0.15, -0.1) is 0 Å². The zero-order valence-electron chi connectivity index (χ0n) is 10.3. The lowest BCUT2D eigenvalue weighted by Crippen LogP contribution is -1.93. The van der Waals surface area contributed by atoms with Crippen molar-refractivity contribution >= 4 is 29.3 Å². The first-order chi connectivity index (χ1) is 9.65. The van der Waals surface area contributed by atoms with E-state index >= 15 is 0 Å². The fraction of sp³-hybridized carbons (Fsp3) is 0. The van der Waals surface area contributed by atoms with Gasteiger partial charge in [0, 0.05) is 22.6 Å². The van der Waals surface area contributed by atoms with Crippen LogP contribution in [0, 0.1) is 10.1 Å². The Morgan fingerprint density at radius 2 is 1.75 bits per heavy atom. The third-order valence-electron chi connectivity index (χ3n) is 2.98. The predicted octanol–water partition coefficient (Wildman–Crippen LogP) is 3.92. The Hall–Kier alpha value is -2.40. The lowest BCUT2D eigenvalue weighted by atomic mass is 10.1. The normalized spacial score (nSPS) is 15.4. The van der Waals surface area contributed by atoms with Gasteiger partial charge in [0.1, 0.15) is 0 Å². The summed E-state index contributed by atoms with van der Waals surface area (Å²) in [6.45, 7) is 0. The molecule has 4 nitrogen and oxygen atoms in total. The minimum atomic E-state index is -0.442. The average molecular weight is 283 g/mol. The maximum atomic E-state index is 12.2. The molecule has 0 saturated carbocycles. The van der Waals surface area contributed by atoms with Crippen LogP contribution < -0.4 is 0 Å². The van der Waals surface area contributed by atoms with Crippen LogP contribution in [-0.4, -0.2) is 10.7 Å². The van der Waals surface area contributed by atoms with E-state index in [0.29, 0.717) is 10.5 Å². The van der Waals surface area contributed by atoms with E-state index in [-0.39, 0.29) is 11.5 Å². The molecule has 1 aliphatic heterocycles. The monoisotopic (exact) mass is 283 g/mol. The first kappa shape index (κ1) is 12.6. The number of nitrogens with zero attached hydrogens (tertiary/aromatic N) is 1. The number of thioether (sulfide) groups is 1. The number of fused-ring (bicyclic) bond motifs is 1. The quantitative estimate of drug-likeness (QED) is 0.476. The SMILES string of the molecule is O=C1C(=Cc2ccc([N+](=O)[O-])cc2)Sc2ccccc21. The second kappa shape index (κ2) is 4.94. The van der Waals surface area contributed by atoms with Crippen molar-refractivity contribution in [2.75, 3.05) is 0 Å². The van der Waals surface area contributed by atoms with Crippen molar-refractivity contribution < 1.29 is 9.72 Å². The van der Waals surface area contributed by atoms with Gasteiger partial charge in [-0.3, -0.25) is 14.9 Å². The third-order valence-corrected chi connectivity index (χ3v) is 4.08. The van der Waals surface area contributed by atoms with Crippen molar-refractivity contribution in [1.29, 1.82) is 0 Å². The van der Waals surface area contributed by atoms with Crippen LogP contribution in [0.3, 0.4) is 0 Å². The van der Waals surface area contributed by atoms with E-state index in [1.807, 2.05) is 18.2 Å². The lowest BCUT2D eigenvalue weighted by molar-refractivity contribution is -0.384. The van der Waals surface area contributed by atoms with E-state index in [4.69, 9.17) is 0 Å². The Kier molecular flexibility index (Phi) is 3.12. The Bertz CT molecular complexity index is 735. The molecule has 0 aromatic heterocycles. The van der Waals surface area contributed by atoms with Gasteiger partial charge in [-0.2, -0.15) is 0 Å². The molecular formula is C15H9NO3S. The summed E-state index contributed by atoms with van der Waals surface area (Å²) in [5, 5.41) is 10.6. The largest absolute Gasteiger partial charge is 0.288 e. The first-order valence-electron chi connectivity index (χ1n) is 5.93. The van der Waals surface area contributed by atoms with Crippen molar-refractivity contribution in [3.8, 4) is 0 Å². The van der Waals surface area contributed by atoms with Gasteiger partial charge in [0.05, 0.1) is 9.83 Å². The summed E-state index contributed by atoms with van der Waals surface area (Å²) in [5.74, 6) is 0.00366. The number of nitro groups is 1. The number of Topliss-reactive ketones (excluding diaryl/α,β-unsaturated/α-hetero) is 1. The number of allylic oxidation sites excluding steroid dienone is 1. The molecule has 0 bridgehead atoms. The van der Waals surface area contributed by atoms with Gasteiger partial charge in [0.15, 0.2) is 0 Å². The van der Waals surface area contributed by atoms with E-state index < -0.39 is 4.92 Å². The van der Waals surface area contributed by atoms with Gasteiger partial charge in [-0.25, -0.2) is 0 Å². The summed E-state index contributed by atoms with van der Waals surface area (Å²) in [6, 6.07) is 13.6. The molecule has 20 heavy (non-hydrogen) atoms. The van der Waals surface area contributed by atoms with E-state index in [9.17, 15) is 14.9 Å². The van der Waals surface area contributed by atoms with E-state index in [0.717, 1.165) is 10.5 Å². The molecule has 1 aliphatic rings. The molecule has 5 heteroatoms. The number of benzene rings is 2. The minimum absolute atomic E-state index is 0.00366. The molecule has 0 unspecified atom stereocenters. The fourth-order valence-corrected chi connectivity index (χ4v) is 3.03. The minimum Gasteiger partial charge on any atom is -0.288 e. The molecule has 3 rings (SSSR count). The Balaban J connectivity index is 1.91. The molecule has 0 saturated heterocycles. The van der Waals surface area contributed by atoms with Gasteiger partial charge >= 0.3 is 0 Å². The molecule has 0 N–H and O–H groups in total. The third kappa shape index (κ3) is 2.23. The number of rotatable bonds is 2. The van der Waals surface area contributed by atoms with E-state index in [1.165, 1.54) is 23.9 Å².